The van der Waals surface area contributed by atoms with E-state index in [-0.39, 0.29) is 18.7 Å². The molecule has 2 heterocycles. The van der Waals surface area contributed by atoms with Crippen LogP contribution in [-0.4, -0.2) is 40.7 Å². The van der Waals surface area contributed by atoms with E-state index in [0.29, 0.717) is 31.5 Å². The zero-order valence-corrected chi connectivity index (χ0v) is 13.5. The molecule has 25 heavy (non-hydrogen) atoms. The molecule has 2 aromatic rings. The molecule has 0 radical (unpaired) electrons. The van der Waals surface area contributed by atoms with Gasteiger partial charge < -0.3 is 15.3 Å². The van der Waals surface area contributed by atoms with Crippen LogP contribution in [0.1, 0.15) is 12.8 Å². The average molecular weight is 348 g/mol. The zero-order valence-electron chi connectivity index (χ0n) is 13.5. The molecule has 132 valence electrons. The van der Waals surface area contributed by atoms with Crippen LogP contribution >= 0.6 is 0 Å². The number of aromatic nitrogens is 2. The van der Waals surface area contributed by atoms with Crippen LogP contribution in [0.2, 0.25) is 0 Å². The van der Waals surface area contributed by atoms with Crippen LogP contribution < -0.4 is 10.2 Å². The Hall–Kier alpha value is -2.61. The number of rotatable bonds is 5. The lowest BCUT2D eigenvalue weighted by molar-refractivity contribution is -0.125. The van der Waals surface area contributed by atoms with Crippen molar-refractivity contribution in [2.24, 2.45) is 5.41 Å². The molecular formula is C17H18F2N4O2. The second-order valence-corrected chi connectivity index (χ2v) is 6.05. The fourth-order valence-corrected chi connectivity index (χ4v) is 3.06. The summed E-state index contributed by atoms with van der Waals surface area (Å²) in [7, 11) is 0. The summed E-state index contributed by atoms with van der Waals surface area (Å²) >= 11 is 0. The highest BCUT2D eigenvalue weighted by Gasteiger charge is 2.45. The molecule has 3 rings (SSSR count). The number of aliphatic hydroxyl groups is 1. The first-order valence-corrected chi connectivity index (χ1v) is 7.93. The first kappa shape index (κ1) is 17.2. The average Bonchev–Trinajstić information content (AvgIpc) is 3.04. The van der Waals surface area contributed by atoms with E-state index in [1.165, 1.54) is 6.07 Å². The number of aliphatic hydroxyl groups excluding tert-OH is 1. The summed E-state index contributed by atoms with van der Waals surface area (Å²) in [6, 6.07) is 4.68. The third kappa shape index (κ3) is 3.58. The van der Waals surface area contributed by atoms with Gasteiger partial charge in [-0.3, -0.25) is 4.79 Å². The third-order valence-corrected chi connectivity index (χ3v) is 4.44. The van der Waals surface area contributed by atoms with Crippen LogP contribution in [0.25, 0.3) is 0 Å². The van der Waals surface area contributed by atoms with Gasteiger partial charge in [0.05, 0.1) is 11.1 Å². The Morgan fingerprint density at radius 3 is 2.76 bits per heavy atom. The summed E-state index contributed by atoms with van der Waals surface area (Å²) in [4.78, 5) is 23.0. The van der Waals surface area contributed by atoms with Gasteiger partial charge >= 0.3 is 0 Å². The summed E-state index contributed by atoms with van der Waals surface area (Å²) in [5, 5.41) is 11.9. The van der Waals surface area contributed by atoms with Gasteiger partial charge in [-0.25, -0.2) is 18.7 Å². The second kappa shape index (κ2) is 7.10. The van der Waals surface area contributed by atoms with E-state index in [4.69, 9.17) is 0 Å². The summed E-state index contributed by atoms with van der Waals surface area (Å²) in [5.74, 6) is -1.46. The Bertz CT molecular complexity index is 760. The number of carbonyl (C=O) groups is 1. The Morgan fingerprint density at radius 2 is 2.08 bits per heavy atom. The molecule has 0 spiro atoms. The lowest BCUT2D eigenvalue weighted by atomic mass is 9.82. The SMILES string of the molecule is O=C(Nc1ccc(F)cc1F)C1(CCO)CCN(c2ncccn2)C1. The predicted molar refractivity (Wildman–Crippen MR) is 88.0 cm³/mol. The first-order valence-electron chi connectivity index (χ1n) is 7.93. The monoisotopic (exact) mass is 348 g/mol. The van der Waals surface area contributed by atoms with E-state index in [1.807, 2.05) is 4.90 Å². The number of nitrogens with one attached hydrogen (secondary N) is 1. The van der Waals surface area contributed by atoms with E-state index in [0.717, 1.165) is 6.07 Å². The lowest BCUT2D eigenvalue weighted by Gasteiger charge is -2.27. The van der Waals surface area contributed by atoms with Crippen LogP contribution in [0.3, 0.4) is 0 Å². The largest absolute Gasteiger partial charge is 0.396 e. The van der Waals surface area contributed by atoms with Crippen molar-refractivity contribution in [2.75, 3.05) is 29.9 Å². The van der Waals surface area contributed by atoms with Gasteiger partial charge in [0.25, 0.3) is 0 Å². The number of hydrogen-bond acceptors (Lipinski definition) is 5. The molecule has 0 bridgehead atoms. The molecule has 1 aliphatic rings. The van der Waals surface area contributed by atoms with Crippen LogP contribution in [0.15, 0.2) is 36.7 Å². The molecule has 1 saturated heterocycles. The van der Waals surface area contributed by atoms with Gasteiger partial charge in [0.2, 0.25) is 11.9 Å². The van der Waals surface area contributed by atoms with Crippen molar-refractivity contribution in [1.29, 1.82) is 0 Å². The number of benzene rings is 1. The standard InChI is InChI=1S/C17H18F2N4O2/c18-12-2-3-14(13(19)10-12)22-15(25)17(5-9-24)4-8-23(11-17)16-20-6-1-7-21-16/h1-3,6-7,10,24H,4-5,8-9,11H2,(H,22,25). The van der Waals surface area contributed by atoms with Gasteiger partial charge in [-0.05, 0) is 31.0 Å². The fraction of sp³-hybridized carbons (Fsp3) is 0.353. The minimum absolute atomic E-state index is 0.0851. The van der Waals surface area contributed by atoms with E-state index >= 15 is 0 Å². The highest BCUT2D eigenvalue weighted by molar-refractivity contribution is 5.96. The predicted octanol–water partition coefficient (Wildman–Crippen LogP) is 1.97. The Labute approximate surface area is 143 Å². The van der Waals surface area contributed by atoms with Crippen molar-refractivity contribution in [3.8, 4) is 0 Å². The maximum Gasteiger partial charge on any atom is 0.232 e. The Kier molecular flexibility index (Phi) is 4.89. The molecule has 1 aromatic heterocycles. The van der Waals surface area contributed by atoms with E-state index in [2.05, 4.69) is 15.3 Å². The van der Waals surface area contributed by atoms with Gasteiger partial charge in [-0.2, -0.15) is 0 Å². The van der Waals surface area contributed by atoms with E-state index in [9.17, 15) is 18.7 Å². The molecule has 1 aliphatic heterocycles. The molecule has 1 atom stereocenters. The minimum Gasteiger partial charge on any atom is -0.396 e. The normalized spacial score (nSPS) is 19.9. The fourth-order valence-electron chi connectivity index (χ4n) is 3.06. The van der Waals surface area contributed by atoms with Crippen molar-refractivity contribution in [1.82, 2.24) is 9.97 Å². The van der Waals surface area contributed by atoms with Crippen molar-refractivity contribution < 1.29 is 18.7 Å². The van der Waals surface area contributed by atoms with Gasteiger partial charge in [0.1, 0.15) is 11.6 Å². The summed E-state index contributed by atoms with van der Waals surface area (Å²) < 4.78 is 26.8. The molecule has 1 aromatic carbocycles. The first-order chi connectivity index (χ1) is 12.0. The van der Waals surface area contributed by atoms with Gasteiger partial charge in [-0.15, -0.1) is 0 Å². The van der Waals surface area contributed by atoms with Crippen LogP contribution in [0.4, 0.5) is 20.4 Å². The molecule has 0 saturated carbocycles. The quantitative estimate of drug-likeness (QED) is 0.864. The van der Waals surface area contributed by atoms with Crippen LogP contribution in [0, 0.1) is 17.0 Å². The topological polar surface area (TPSA) is 78.4 Å². The number of amides is 1. The third-order valence-electron chi connectivity index (χ3n) is 4.44. The molecule has 1 unspecified atom stereocenters. The van der Waals surface area contributed by atoms with Crippen molar-refractivity contribution in [2.45, 2.75) is 12.8 Å². The number of anilines is 2. The molecular weight excluding hydrogens is 330 g/mol. The molecule has 6 nitrogen and oxygen atoms in total. The van der Waals surface area contributed by atoms with E-state index < -0.39 is 23.0 Å². The van der Waals surface area contributed by atoms with Gasteiger partial charge in [0.15, 0.2) is 0 Å². The Morgan fingerprint density at radius 1 is 1.32 bits per heavy atom. The van der Waals surface area contributed by atoms with Crippen LogP contribution in [-0.2, 0) is 4.79 Å². The number of hydrogen-bond donors (Lipinski definition) is 2. The highest BCUT2D eigenvalue weighted by atomic mass is 19.1. The second-order valence-electron chi connectivity index (χ2n) is 6.05. The van der Waals surface area contributed by atoms with Gasteiger partial charge in [-0.1, -0.05) is 0 Å². The number of halogens is 2. The van der Waals surface area contributed by atoms with Gasteiger partial charge in [0, 0.05) is 38.2 Å². The maximum absolute atomic E-state index is 13.8. The molecule has 1 fully saturated rings. The van der Waals surface area contributed by atoms with Crippen molar-refractivity contribution in [3.63, 3.8) is 0 Å². The molecule has 2 N–H and O–H groups in total. The lowest BCUT2D eigenvalue weighted by Crippen LogP contribution is -2.40. The number of carbonyl (C=O) groups excluding carboxylic acids is 1. The number of nitrogens with zero attached hydrogens (tertiary/aromatic N) is 3. The van der Waals surface area contributed by atoms with E-state index in [1.54, 1.807) is 18.5 Å². The highest BCUT2D eigenvalue weighted by Crippen LogP contribution is 2.36. The smallest absolute Gasteiger partial charge is 0.232 e. The van der Waals surface area contributed by atoms with Crippen molar-refractivity contribution >= 4 is 17.5 Å². The maximum atomic E-state index is 13.8. The summed E-state index contributed by atoms with van der Waals surface area (Å²) in [6.45, 7) is 0.679. The minimum atomic E-state index is -0.894. The van der Waals surface area contributed by atoms with Crippen molar-refractivity contribution in [3.05, 3.63) is 48.3 Å². The summed E-state index contributed by atoms with van der Waals surface area (Å²) in [5.41, 5.74) is -0.979. The molecule has 8 heteroatoms. The molecule has 1 amide bonds. The Balaban J connectivity index is 1.79. The zero-order chi connectivity index (χ0) is 17.9. The summed E-state index contributed by atoms with van der Waals surface area (Å²) in [6.07, 6.45) is 3.93. The van der Waals surface area contributed by atoms with Crippen LogP contribution in [0.5, 0.6) is 0 Å². The molecule has 0 aliphatic carbocycles.